The molecule has 0 aliphatic carbocycles. The van der Waals surface area contributed by atoms with E-state index in [0.717, 1.165) is 22.3 Å². The van der Waals surface area contributed by atoms with Crippen LogP contribution in [0.5, 0.6) is 0 Å². The molecule has 4 nitrogen and oxygen atoms in total. The number of halogens is 1. The van der Waals surface area contributed by atoms with Crippen LogP contribution in [0.1, 0.15) is 18.6 Å². The molecular weight excluding hydrogens is 298 g/mol. The predicted molar refractivity (Wildman–Crippen MR) is 73.8 cm³/mol. The minimum atomic E-state index is -0.532. The van der Waals surface area contributed by atoms with E-state index in [4.69, 9.17) is 4.74 Å². The van der Waals surface area contributed by atoms with E-state index in [1.807, 2.05) is 18.2 Å². The van der Waals surface area contributed by atoms with E-state index in [0.29, 0.717) is 13.2 Å². The summed E-state index contributed by atoms with van der Waals surface area (Å²) in [4.78, 5) is 2.11. The molecule has 0 amide bonds. The lowest BCUT2D eigenvalue weighted by molar-refractivity contribution is 0.0722. The second-order valence-corrected chi connectivity index (χ2v) is 5.40. The van der Waals surface area contributed by atoms with Gasteiger partial charge in [0.25, 0.3) is 0 Å². The Kier molecular flexibility index (Phi) is 4.61. The summed E-state index contributed by atoms with van der Waals surface area (Å²) in [6.07, 6.45) is -0.532. The van der Waals surface area contributed by atoms with Gasteiger partial charge in [-0.15, -0.1) is 0 Å². The highest BCUT2D eigenvalue weighted by Gasteiger charge is 2.25. The smallest absolute Gasteiger partial charge is 0.0782 e. The molecule has 1 aliphatic rings. The fraction of sp³-hybridized carbons (Fsp3) is 0.538. The highest BCUT2D eigenvalue weighted by atomic mass is 79.9. The molecular formula is C13H18BrNO3. The van der Waals surface area contributed by atoms with Crippen LogP contribution in [0.2, 0.25) is 0 Å². The van der Waals surface area contributed by atoms with Gasteiger partial charge < -0.3 is 19.8 Å². The quantitative estimate of drug-likeness (QED) is 0.891. The second kappa shape index (κ2) is 6.02. The van der Waals surface area contributed by atoms with E-state index in [9.17, 15) is 10.2 Å². The Labute approximate surface area is 115 Å². The molecule has 1 aliphatic heterocycles. The summed E-state index contributed by atoms with van der Waals surface area (Å²) in [6.45, 7) is 3.68. The summed E-state index contributed by atoms with van der Waals surface area (Å²) in [5.41, 5.74) is 1.83. The van der Waals surface area contributed by atoms with Crippen LogP contribution in [0.15, 0.2) is 22.7 Å². The first-order valence-electron chi connectivity index (χ1n) is 6.06. The van der Waals surface area contributed by atoms with Crippen LogP contribution in [-0.2, 0) is 4.74 Å². The molecule has 18 heavy (non-hydrogen) atoms. The van der Waals surface area contributed by atoms with Crippen molar-refractivity contribution in [3.8, 4) is 0 Å². The number of benzene rings is 1. The number of aliphatic hydroxyl groups is 2. The van der Waals surface area contributed by atoms with Gasteiger partial charge in [-0.2, -0.15) is 0 Å². The van der Waals surface area contributed by atoms with Crippen molar-refractivity contribution in [1.82, 2.24) is 0 Å². The first kappa shape index (κ1) is 13.8. The monoisotopic (exact) mass is 315 g/mol. The van der Waals surface area contributed by atoms with Crippen molar-refractivity contribution in [1.29, 1.82) is 0 Å². The molecule has 2 rings (SSSR count). The minimum absolute atomic E-state index is 0.0474. The third kappa shape index (κ3) is 2.85. The van der Waals surface area contributed by atoms with Crippen LogP contribution in [0, 0.1) is 0 Å². The summed E-state index contributed by atoms with van der Waals surface area (Å²) >= 11 is 3.45. The van der Waals surface area contributed by atoms with E-state index in [1.165, 1.54) is 0 Å². The Morgan fingerprint density at radius 3 is 3.00 bits per heavy atom. The van der Waals surface area contributed by atoms with Gasteiger partial charge in [0, 0.05) is 22.3 Å². The van der Waals surface area contributed by atoms with Gasteiger partial charge >= 0.3 is 0 Å². The fourth-order valence-corrected chi connectivity index (χ4v) is 2.59. The van der Waals surface area contributed by atoms with Crippen LogP contribution in [0.25, 0.3) is 0 Å². The molecule has 1 aromatic carbocycles. The topological polar surface area (TPSA) is 52.9 Å². The maximum atomic E-state index is 9.85. The molecule has 2 unspecified atom stereocenters. The molecule has 2 N–H and O–H groups in total. The lowest BCUT2D eigenvalue weighted by Crippen LogP contribution is -2.48. The van der Waals surface area contributed by atoms with Crippen molar-refractivity contribution in [2.24, 2.45) is 0 Å². The normalized spacial score (nSPS) is 22.0. The molecule has 5 heteroatoms. The number of rotatable bonds is 3. The number of anilines is 1. The Morgan fingerprint density at radius 1 is 1.56 bits per heavy atom. The van der Waals surface area contributed by atoms with Gasteiger partial charge in [0.05, 0.1) is 32.0 Å². The minimum Gasteiger partial charge on any atom is -0.394 e. The molecule has 1 fully saturated rings. The van der Waals surface area contributed by atoms with E-state index in [-0.39, 0.29) is 12.6 Å². The highest BCUT2D eigenvalue weighted by Crippen LogP contribution is 2.31. The van der Waals surface area contributed by atoms with Gasteiger partial charge in [0.2, 0.25) is 0 Å². The van der Waals surface area contributed by atoms with Crippen LogP contribution in [0.3, 0.4) is 0 Å². The Balaban J connectivity index is 2.37. The van der Waals surface area contributed by atoms with Crippen molar-refractivity contribution in [2.75, 3.05) is 31.3 Å². The molecule has 0 radical (unpaired) electrons. The van der Waals surface area contributed by atoms with E-state index >= 15 is 0 Å². The zero-order valence-electron chi connectivity index (χ0n) is 10.3. The van der Waals surface area contributed by atoms with Gasteiger partial charge in [-0.05, 0) is 19.1 Å². The van der Waals surface area contributed by atoms with Crippen molar-refractivity contribution in [2.45, 2.75) is 19.1 Å². The molecule has 0 saturated carbocycles. The van der Waals surface area contributed by atoms with Crippen LogP contribution < -0.4 is 4.90 Å². The zero-order chi connectivity index (χ0) is 13.1. The molecule has 1 saturated heterocycles. The molecule has 2 atom stereocenters. The summed E-state index contributed by atoms with van der Waals surface area (Å²) in [5, 5.41) is 19.3. The average molecular weight is 316 g/mol. The molecule has 1 heterocycles. The Morgan fingerprint density at radius 2 is 2.33 bits per heavy atom. The SMILES string of the molecule is CC(O)c1ccc(Br)cc1N1CCOCC1CO. The summed E-state index contributed by atoms with van der Waals surface area (Å²) in [6, 6.07) is 5.76. The van der Waals surface area contributed by atoms with Crippen LogP contribution in [-0.4, -0.2) is 42.6 Å². The average Bonchev–Trinajstić information content (AvgIpc) is 2.38. The van der Waals surface area contributed by atoms with Crippen molar-refractivity contribution in [3.63, 3.8) is 0 Å². The number of ether oxygens (including phenoxy) is 1. The Bertz CT molecular complexity index is 411. The summed E-state index contributed by atoms with van der Waals surface area (Å²) < 4.78 is 6.34. The number of aliphatic hydroxyl groups excluding tert-OH is 2. The molecule has 1 aromatic rings. The molecule has 0 spiro atoms. The molecule has 0 aromatic heterocycles. The second-order valence-electron chi connectivity index (χ2n) is 4.48. The lowest BCUT2D eigenvalue weighted by atomic mass is 10.1. The van der Waals surface area contributed by atoms with Gasteiger partial charge in [0.15, 0.2) is 0 Å². The van der Waals surface area contributed by atoms with Gasteiger partial charge in [-0.1, -0.05) is 22.0 Å². The first-order valence-corrected chi connectivity index (χ1v) is 6.85. The standard InChI is InChI=1S/C13H18BrNO3/c1-9(17)12-3-2-10(14)6-13(12)15-4-5-18-8-11(15)7-16/h2-3,6,9,11,16-17H,4-5,7-8H2,1H3. The number of morpholine rings is 1. The van der Waals surface area contributed by atoms with Gasteiger partial charge in [-0.25, -0.2) is 0 Å². The number of hydrogen-bond acceptors (Lipinski definition) is 4. The van der Waals surface area contributed by atoms with Gasteiger partial charge in [0.1, 0.15) is 0 Å². The van der Waals surface area contributed by atoms with Crippen molar-refractivity contribution >= 4 is 21.6 Å². The fourth-order valence-electron chi connectivity index (χ4n) is 2.24. The third-order valence-corrected chi connectivity index (χ3v) is 3.68. The van der Waals surface area contributed by atoms with Crippen molar-refractivity contribution in [3.05, 3.63) is 28.2 Å². The maximum absolute atomic E-state index is 9.85. The highest BCUT2D eigenvalue weighted by molar-refractivity contribution is 9.10. The molecule has 100 valence electrons. The zero-order valence-corrected chi connectivity index (χ0v) is 11.9. The Hall–Kier alpha value is -0.620. The maximum Gasteiger partial charge on any atom is 0.0782 e. The third-order valence-electron chi connectivity index (χ3n) is 3.19. The van der Waals surface area contributed by atoms with Crippen LogP contribution in [0.4, 0.5) is 5.69 Å². The van der Waals surface area contributed by atoms with Crippen molar-refractivity contribution < 1.29 is 14.9 Å². The van der Waals surface area contributed by atoms with Gasteiger partial charge in [-0.3, -0.25) is 0 Å². The molecule has 0 bridgehead atoms. The first-order chi connectivity index (χ1) is 8.63. The number of nitrogens with zero attached hydrogens (tertiary/aromatic N) is 1. The summed E-state index contributed by atoms with van der Waals surface area (Å²) in [7, 11) is 0. The lowest BCUT2D eigenvalue weighted by Gasteiger charge is -2.38. The predicted octanol–water partition coefficient (Wildman–Crippen LogP) is 1.70. The number of hydrogen-bond donors (Lipinski definition) is 2. The van der Waals surface area contributed by atoms with Crippen LogP contribution >= 0.6 is 15.9 Å². The summed E-state index contributed by atoms with van der Waals surface area (Å²) in [5.74, 6) is 0. The van der Waals surface area contributed by atoms with E-state index in [1.54, 1.807) is 6.92 Å². The van der Waals surface area contributed by atoms with E-state index in [2.05, 4.69) is 20.8 Å². The largest absolute Gasteiger partial charge is 0.394 e. The van der Waals surface area contributed by atoms with E-state index < -0.39 is 6.10 Å².